The van der Waals surface area contributed by atoms with Crippen molar-refractivity contribution in [3.8, 4) is 0 Å². The topological polar surface area (TPSA) is 0 Å². The lowest BCUT2D eigenvalue weighted by atomic mass is 10.2. The van der Waals surface area contributed by atoms with E-state index in [1.165, 1.54) is 0 Å². The molecule has 0 aromatic carbocycles. The summed E-state index contributed by atoms with van der Waals surface area (Å²) in [5.41, 5.74) is 0. The maximum absolute atomic E-state index is 2.75. The highest BCUT2D eigenvalue weighted by Gasteiger charge is 2.73. The minimum absolute atomic E-state index is 0.0365. The first-order chi connectivity index (χ1) is 18.6. The van der Waals surface area contributed by atoms with Gasteiger partial charge in [-0.3, -0.25) is 0 Å². The molecule has 0 aliphatic heterocycles. The summed E-state index contributed by atoms with van der Waals surface area (Å²) in [6.07, 6.45) is 0.599. The molecule has 2 aromatic heterocycles. The molecule has 0 spiro atoms. The Labute approximate surface area is 286 Å². The predicted molar refractivity (Wildman–Crippen MR) is 229 cm³/mol. The zero-order valence-electron chi connectivity index (χ0n) is 35.2. The van der Waals surface area contributed by atoms with Gasteiger partial charge in [0, 0.05) is 0 Å². The van der Waals surface area contributed by atoms with E-state index in [0.29, 0.717) is 45.3 Å². The first-order valence-corrected chi connectivity index (χ1v) is 37.1. The minimum atomic E-state index is -1.93. The van der Waals surface area contributed by atoms with Crippen LogP contribution in [-0.2, 0) is 0 Å². The molecule has 0 N–H and O–H groups in total. The molecule has 4 unspecified atom stereocenters. The van der Waals surface area contributed by atoms with Gasteiger partial charge in [0.05, 0.1) is 0 Å². The van der Waals surface area contributed by atoms with Crippen molar-refractivity contribution in [2.24, 2.45) is 0 Å². The monoisotopic (exact) mass is 752 g/mol. The third-order valence-corrected chi connectivity index (χ3v) is 147. The molecular weight excluding hydrogens is 672 g/mol. The first-order valence-electron chi connectivity index (χ1n) is 17.6. The standard InChI is InChI=1S/C36H81P5Si3/c1-28(2,3)42(29(4,5)6,30(7,8)9)39-37-38(39)41(44(34(19,20)21,35(22,23)24)36(25,26)27)40(37)43(31(10,11)12,32(13,14)15)33(16,17)18/h1-27H3. The van der Waals surface area contributed by atoms with E-state index in [-0.39, 0.29) is 32.0 Å². The number of hydrogen-bond donors (Lipinski definition) is 0. The average molecular weight is 753 g/mol. The van der Waals surface area contributed by atoms with Crippen LogP contribution in [0.25, 0.3) is 0 Å². The van der Waals surface area contributed by atoms with Crippen LogP contribution in [0.4, 0.5) is 0 Å². The lowest BCUT2D eigenvalue weighted by molar-refractivity contribution is 0.556. The van der Waals surface area contributed by atoms with Gasteiger partial charge < -0.3 is 0 Å². The van der Waals surface area contributed by atoms with Crippen molar-refractivity contribution in [2.75, 3.05) is 0 Å². The Morgan fingerprint density at radius 1 is 0.205 bits per heavy atom. The van der Waals surface area contributed by atoms with Gasteiger partial charge in [0.2, 0.25) is 0 Å². The van der Waals surface area contributed by atoms with Crippen LogP contribution >= 0.6 is 32.0 Å². The lowest BCUT2D eigenvalue weighted by Crippen LogP contribution is -2.58. The van der Waals surface area contributed by atoms with Crippen LogP contribution in [0.15, 0.2) is 0 Å². The molecule has 0 bridgehead atoms. The fourth-order valence-corrected chi connectivity index (χ4v) is 296. The van der Waals surface area contributed by atoms with Gasteiger partial charge in [0.15, 0.2) is 0 Å². The number of rotatable bonds is 3. The van der Waals surface area contributed by atoms with Crippen LogP contribution < -0.4 is 0 Å². The van der Waals surface area contributed by atoms with Crippen molar-refractivity contribution >= 4 is 55.3 Å². The molecule has 8 heteroatoms. The van der Waals surface area contributed by atoms with Crippen LogP contribution in [0, 0.1) is 0 Å². The summed E-state index contributed by atoms with van der Waals surface area (Å²) in [5, 5.41) is 3.63. The van der Waals surface area contributed by atoms with E-state index < -0.39 is 23.2 Å². The Kier molecular flexibility index (Phi) is 10.7. The van der Waals surface area contributed by atoms with E-state index in [0.717, 1.165) is 0 Å². The van der Waals surface area contributed by atoms with E-state index >= 15 is 0 Å². The Bertz CT molecular complexity index is 1120. The van der Waals surface area contributed by atoms with Crippen LogP contribution in [0.2, 0.25) is 45.3 Å². The fraction of sp³-hybridized carbons (Fsp3) is 1.00. The maximum Gasteiger partial charge on any atom is 0.135 e. The van der Waals surface area contributed by atoms with Crippen LogP contribution in [0.5, 0.6) is 0 Å². The average Bonchev–Trinajstić information content (AvgIpc) is 3.20. The summed E-state index contributed by atoms with van der Waals surface area (Å²) in [5.74, 6) is 0. The molecule has 2 aromatic rings. The highest BCUT2D eigenvalue weighted by atomic mass is 33.1. The van der Waals surface area contributed by atoms with Crippen molar-refractivity contribution in [1.29, 1.82) is 0 Å². The summed E-state index contributed by atoms with van der Waals surface area (Å²) in [4.78, 5) is 0. The minimum Gasteiger partial charge on any atom is -0.0891 e. The van der Waals surface area contributed by atoms with E-state index in [1.54, 1.807) is 0 Å². The van der Waals surface area contributed by atoms with E-state index in [9.17, 15) is 0 Å². The number of fused-ring (bicyclic) bond motifs is 1. The third-order valence-electron chi connectivity index (χ3n) is 11.7. The lowest BCUT2D eigenvalue weighted by Gasteiger charge is -2.65. The van der Waals surface area contributed by atoms with Gasteiger partial charge in [0.1, 0.15) is 23.2 Å². The van der Waals surface area contributed by atoms with E-state index in [4.69, 9.17) is 0 Å². The maximum atomic E-state index is 2.75. The van der Waals surface area contributed by atoms with Gasteiger partial charge in [-0.1, -0.05) is 206 Å². The Balaban J connectivity index is 3.70. The summed E-state index contributed by atoms with van der Waals surface area (Å²) in [7, 11) is -5.69. The molecule has 0 saturated carbocycles. The SMILES string of the molecule is CC(C)(C)[Si](p1p([Si](C(C)(C)C)(C(C)(C)C)C(C)(C)C)p2p([Si](C(C)(C)C)(C(C)(C)C)C(C)(C)C)p12)(C(C)(C)C)C(C)(C)C. The smallest absolute Gasteiger partial charge is 0.0891 e. The van der Waals surface area contributed by atoms with Gasteiger partial charge in [-0.25, -0.2) is 0 Å². The second-order valence-corrected chi connectivity index (χ2v) is 84.1. The highest BCUT2D eigenvalue weighted by molar-refractivity contribution is 9.12. The largest absolute Gasteiger partial charge is 0.135 e. The molecule has 0 amide bonds. The molecule has 0 aliphatic carbocycles. The molecule has 0 saturated heterocycles. The van der Waals surface area contributed by atoms with E-state index in [1.807, 2.05) is 0 Å². The Morgan fingerprint density at radius 2 is 0.318 bits per heavy atom. The van der Waals surface area contributed by atoms with Gasteiger partial charge in [-0.2, -0.15) is 0 Å². The molecule has 44 heavy (non-hydrogen) atoms. The van der Waals surface area contributed by atoms with Crippen molar-refractivity contribution in [3.05, 3.63) is 0 Å². The van der Waals surface area contributed by atoms with E-state index in [2.05, 4.69) is 187 Å². The van der Waals surface area contributed by atoms with Crippen molar-refractivity contribution in [2.45, 2.75) is 232 Å². The van der Waals surface area contributed by atoms with Gasteiger partial charge in [0.25, 0.3) is 0 Å². The molecule has 0 fully saturated rings. The van der Waals surface area contributed by atoms with Crippen LogP contribution in [0.1, 0.15) is 187 Å². The zero-order valence-corrected chi connectivity index (χ0v) is 42.7. The third kappa shape index (κ3) is 5.42. The Hall–Kier alpha value is 2.15. The highest BCUT2D eigenvalue weighted by Crippen LogP contribution is 3.15. The second-order valence-electron chi connectivity index (χ2n) is 23.8. The van der Waals surface area contributed by atoms with Crippen molar-refractivity contribution in [1.82, 2.24) is 0 Å². The molecule has 2 rings (SSSR count). The van der Waals surface area contributed by atoms with Gasteiger partial charge in [-0.05, 0) is 58.1 Å². The first kappa shape index (κ1) is 42.3. The molecule has 2 heterocycles. The zero-order chi connectivity index (χ0) is 35.9. The summed E-state index contributed by atoms with van der Waals surface area (Å²) >= 11 is 0. The summed E-state index contributed by atoms with van der Waals surface area (Å²) in [6.45, 7) is 74.2. The second kappa shape index (κ2) is 11.1. The Morgan fingerprint density at radius 3 is 0.432 bits per heavy atom. The molecule has 262 valence electrons. The normalized spacial score (nSPS) is 19.0. The van der Waals surface area contributed by atoms with Crippen LogP contribution in [0.3, 0.4) is 0 Å². The summed E-state index contributed by atoms with van der Waals surface area (Å²) < 4.78 is 0. The summed E-state index contributed by atoms with van der Waals surface area (Å²) in [6, 6.07) is 0. The van der Waals surface area contributed by atoms with Crippen molar-refractivity contribution in [3.63, 3.8) is 0 Å². The van der Waals surface area contributed by atoms with Crippen molar-refractivity contribution < 1.29 is 0 Å². The quantitative estimate of drug-likeness (QED) is 0.274. The van der Waals surface area contributed by atoms with Gasteiger partial charge in [-0.15, -0.1) is 0 Å². The molecule has 4 atom stereocenters. The molecule has 0 nitrogen and oxygen atoms in total. The fourth-order valence-electron chi connectivity index (χ4n) is 14.2. The molecule has 0 aliphatic rings. The molecule has 0 radical (unpaired) electrons. The predicted octanol–water partition coefficient (Wildman–Crippen LogP) is 19.0. The van der Waals surface area contributed by atoms with Crippen LogP contribution in [-0.4, -0.2) is 23.2 Å². The number of hydrogen-bond acceptors (Lipinski definition) is 0. The molecular formula is C36H81P5Si3. The van der Waals surface area contributed by atoms with Gasteiger partial charge >= 0.3 is 0 Å².